The van der Waals surface area contributed by atoms with Crippen molar-refractivity contribution >= 4 is 28.9 Å². The Morgan fingerprint density at radius 2 is 0.848 bits per heavy atom. The topological polar surface area (TPSA) is 206 Å². The predicted molar refractivity (Wildman–Crippen MR) is 474 cm³/mol. The Morgan fingerprint density at radius 1 is 0.402 bits per heavy atom. The molecule has 5 aromatic rings. The van der Waals surface area contributed by atoms with Crippen LogP contribution in [0.3, 0.4) is 0 Å². The Bertz CT molecular complexity index is 3540. The van der Waals surface area contributed by atoms with Gasteiger partial charge in [-0.15, -0.1) is 21.5 Å². The smallest absolute Gasteiger partial charge is 0.232 e. The van der Waals surface area contributed by atoms with Crippen molar-refractivity contribution in [2.75, 3.05) is 0 Å². The Hall–Kier alpha value is -5.26. The van der Waals surface area contributed by atoms with E-state index >= 15 is 0 Å². The maximum atomic E-state index is 12.5. The number of hydrogen-bond donors (Lipinski definition) is 0. The number of likely N-dealkylation sites (tertiary alicyclic amines) is 1. The summed E-state index contributed by atoms with van der Waals surface area (Å²) in [6, 6.07) is 0.633. The molecule has 5 aromatic heterocycles. The highest BCUT2D eigenvalue weighted by molar-refractivity contribution is 7.12. The lowest BCUT2D eigenvalue weighted by molar-refractivity contribution is -0.138. The summed E-state index contributed by atoms with van der Waals surface area (Å²) in [6.07, 6.45) is 0.431. The number of carbonyl (C=O) groups excluding carboxylic acids is 1. The van der Waals surface area contributed by atoms with Crippen LogP contribution in [0.2, 0.25) is 0 Å². The molecule has 0 aromatic carbocycles. The lowest BCUT2D eigenvalue weighted by Gasteiger charge is -2.36. The molecule has 0 spiro atoms. The van der Waals surface area contributed by atoms with Crippen molar-refractivity contribution in [1.29, 1.82) is 0 Å². The molecule has 0 bridgehead atoms. The molecule has 0 aliphatic carbocycles. The molecule has 1 fully saturated rings. The van der Waals surface area contributed by atoms with Gasteiger partial charge in [0.05, 0.1) is 33.8 Å². The van der Waals surface area contributed by atoms with E-state index in [1.807, 2.05) is 18.3 Å². The van der Waals surface area contributed by atoms with Crippen LogP contribution in [0.15, 0.2) is 28.0 Å². The minimum absolute atomic E-state index is 0.00569. The molecule has 7 atom stereocenters. The molecule has 0 radical (unpaired) electrons. The van der Waals surface area contributed by atoms with Crippen molar-refractivity contribution in [2.45, 2.75) is 465 Å². The van der Waals surface area contributed by atoms with E-state index in [-0.39, 0.29) is 111 Å². The molecule has 0 N–H and O–H groups in total. The molecule has 3 aliphatic heterocycles. The fourth-order valence-electron chi connectivity index (χ4n) is 13.3. The van der Waals surface area contributed by atoms with Crippen molar-refractivity contribution in [2.24, 2.45) is 55.0 Å². The number of aliphatic imine (C=N–C) groups is 1. The standard InChI is InChI=1S/C14H27NO.C12H23NO.C12H21NO.C12H23NO.C12H21NO.C12H21NS.2C10H18N2O/c1-9-10(2)15(14(6,7)8)12(16)11(9)13(3,4)5;1-8-9(11(2,3)4)13-10(14-8)12(5,6)7;1-8-9(11(2,3)4)14-10(13-8)12(5,6)7;2*1-8-9(11(2,3)4)13-14-10(8)12(5,6)7;1-8-9(11(2,3)4)14-10(13-8)12(5,6)7;1-9(2,3)7-11-12-8(13-7)10(4,5)6;1-9(2,3)7-11-8(13-12-7)10(4,5)6/h9-11H,1-8H3;8-9H,1-7H3;1-7H3;8,10H,1-7H3;2*1-7H3;2*1-6H3. The lowest BCUT2D eigenvalue weighted by Crippen LogP contribution is -2.47. The van der Waals surface area contributed by atoms with Gasteiger partial charge in [0.25, 0.3) is 0 Å². The van der Waals surface area contributed by atoms with Crippen molar-refractivity contribution in [3.63, 3.8) is 0 Å². The summed E-state index contributed by atoms with van der Waals surface area (Å²) < 4.78 is 27.9. The number of carbonyl (C=O) groups is 1. The van der Waals surface area contributed by atoms with Crippen LogP contribution in [0, 0.1) is 65.6 Å². The second kappa shape index (κ2) is 36.3. The molecular weight excluding hydrogens is 1410 g/mol. The number of amides is 1. The molecule has 8 heterocycles. The molecule has 8 rings (SSSR count). The molecule has 3 aliphatic rings. The number of ether oxygens (including phenoxy) is 1. The van der Waals surface area contributed by atoms with E-state index in [4.69, 9.17) is 32.4 Å². The SMILES string of the molecule is CC(C)(C)c1nnc(C(C)(C)C)o1.CC(C)(C)c1noc(C(C)(C)C)n1.CC1C(C(C)(C)C)=NOC1C(C)(C)C.CC1C(C)N(C(C)(C)C)C(=O)C1C(C)(C)C.CC1OC(C(C)(C)C)=NC1C(C)(C)C.Cc1c(C(C)(C)C)noc1C(C)(C)C.Cc1nc(C(C)(C)C)oc1C(C)(C)C.Cc1nc(C(C)(C)C)sc1C(C)(C)C. The van der Waals surface area contributed by atoms with Crippen LogP contribution in [0.25, 0.3) is 0 Å². The van der Waals surface area contributed by atoms with Crippen molar-refractivity contribution in [3.05, 3.63) is 73.4 Å². The first kappa shape index (κ1) is 105. The van der Waals surface area contributed by atoms with E-state index in [0.717, 1.165) is 40.5 Å². The van der Waals surface area contributed by atoms with Gasteiger partial charge in [-0.2, -0.15) is 4.98 Å². The highest BCUT2D eigenvalue weighted by Crippen LogP contribution is 2.46. The Balaban J connectivity index is 0.000000640. The maximum absolute atomic E-state index is 12.5. The third-order valence-electron chi connectivity index (χ3n) is 19.2. The second-order valence-electron chi connectivity index (χ2n) is 48.7. The van der Waals surface area contributed by atoms with Crippen molar-refractivity contribution < 1.29 is 32.2 Å². The molecule has 646 valence electrons. The summed E-state index contributed by atoms with van der Waals surface area (Å²) in [5, 5.41) is 21.7. The van der Waals surface area contributed by atoms with Gasteiger partial charge in [0.1, 0.15) is 23.7 Å². The summed E-state index contributed by atoms with van der Waals surface area (Å²) in [6.45, 7) is 118. The summed E-state index contributed by atoms with van der Waals surface area (Å²) in [4.78, 5) is 39.8. The minimum atomic E-state index is -0.0647. The molecule has 7 unspecified atom stereocenters. The van der Waals surface area contributed by atoms with Crippen LogP contribution in [0.1, 0.15) is 433 Å². The average Bonchev–Trinajstić information content (AvgIpc) is 1.61. The normalized spacial score (nSPS) is 19.9. The second-order valence-corrected chi connectivity index (χ2v) is 49.7. The van der Waals surface area contributed by atoms with Gasteiger partial charge in [0.15, 0.2) is 17.6 Å². The number of aromatic nitrogens is 7. The number of thiazole rings is 1. The average molecular weight is 1590 g/mol. The fourth-order valence-corrected chi connectivity index (χ4v) is 14.5. The molecule has 1 saturated heterocycles. The summed E-state index contributed by atoms with van der Waals surface area (Å²) >= 11 is 1.86. The minimum Gasteiger partial charge on any atom is -0.475 e. The molecular formula is C94H172N10O7S. The van der Waals surface area contributed by atoms with Crippen LogP contribution in [0.5, 0.6) is 0 Å². The Kier molecular flexibility index (Phi) is 34.0. The number of aryl methyl sites for hydroxylation is 2. The van der Waals surface area contributed by atoms with Crippen LogP contribution in [-0.4, -0.2) is 87.7 Å². The number of hydrogen-bond acceptors (Lipinski definition) is 17. The lowest BCUT2D eigenvalue weighted by atomic mass is 9.74. The van der Waals surface area contributed by atoms with Crippen LogP contribution in [0.4, 0.5) is 0 Å². The third-order valence-corrected chi connectivity index (χ3v) is 21.2. The van der Waals surface area contributed by atoms with Gasteiger partial charge in [-0.05, 0) is 77.6 Å². The third kappa shape index (κ3) is 31.0. The van der Waals surface area contributed by atoms with Crippen molar-refractivity contribution in [1.82, 2.24) is 40.4 Å². The summed E-state index contributed by atoms with van der Waals surface area (Å²) in [5.41, 5.74) is 6.53. The van der Waals surface area contributed by atoms with Gasteiger partial charge in [-0.3, -0.25) is 4.79 Å². The van der Waals surface area contributed by atoms with E-state index in [1.165, 1.54) is 26.9 Å². The van der Waals surface area contributed by atoms with Crippen LogP contribution in [-0.2, 0) is 68.5 Å². The van der Waals surface area contributed by atoms with Crippen LogP contribution >= 0.6 is 11.3 Å². The number of oxime groups is 1. The van der Waals surface area contributed by atoms with E-state index in [0.29, 0.717) is 41.5 Å². The maximum Gasteiger partial charge on any atom is 0.232 e. The van der Waals surface area contributed by atoms with Crippen LogP contribution < -0.4 is 0 Å². The largest absolute Gasteiger partial charge is 0.475 e. The fraction of sp³-hybridized carbons (Fsp3) is 0.830. The molecule has 1 amide bonds. The predicted octanol–water partition coefficient (Wildman–Crippen LogP) is 26.6. The van der Waals surface area contributed by atoms with Crippen molar-refractivity contribution in [3.8, 4) is 0 Å². The molecule has 112 heavy (non-hydrogen) atoms. The Morgan fingerprint density at radius 3 is 1.05 bits per heavy atom. The van der Waals surface area contributed by atoms with Gasteiger partial charge in [0.2, 0.25) is 23.6 Å². The number of oxazole rings is 1. The van der Waals surface area contributed by atoms with E-state index < -0.39 is 0 Å². The first-order chi connectivity index (χ1) is 49.0. The summed E-state index contributed by atoms with van der Waals surface area (Å²) in [5.74, 6) is 7.99. The highest BCUT2D eigenvalue weighted by Gasteiger charge is 2.52. The zero-order valence-corrected chi connectivity index (χ0v) is 83.6. The molecule has 18 heteroatoms. The summed E-state index contributed by atoms with van der Waals surface area (Å²) in [7, 11) is 0. The first-order valence-corrected chi connectivity index (χ1v) is 42.3. The van der Waals surface area contributed by atoms with E-state index in [9.17, 15) is 4.79 Å². The Labute approximate surface area is 690 Å². The number of nitrogens with zero attached hydrogens (tertiary/aromatic N) is 10. The van der Waals surface area contributed by atoms with Gasteiger partial charge in [-0.1, -0.05) is 341 Å². The van der Waals surface area contributed by atoms with E-state index in [1.54, 1.807) is 0 Å². The van der Waals surface area contributed by atoms with Gasteiger partial charge >= 0.3 is 0 Å². The quantitative estimate of drug-likeness (QED) is 0.141. The first-order valence-electron chi connectivity index (χ1n) is 41.5. The number of rotatable bonds is 0. The van der Waals surface area contributed by atoms with Gasteiger partial charge < -0.3 is 32.4 Å². The highest BCUT2D eigenvalue weighted by atomic mass is 32.1. The monoisotopic (exact) mass is 1590 g/mol. The van der Waals surface area contributed by atoms with Gasteiger partial charge in [0, 0.05) is 98.8 Å². The molecule has 17 nitrogen and oxygen atoms in total. The van der Waals surface area contributed by atoms with E-state index in [2.05, 4.69) is 419 Å². The molecule has 0 saturated carbocycles. The van der Waals surface area contributed by atoms with Gasteiger partial charge in [-0.25, -0.2) is 15.0 Å². The zero-order valence-electron chi connectivity index (χ0n) is 82.8. The zero-order chi connectivity index (χ0) is 89.2.